The molecule has 2 aromatic heterocycles. The Morgan fingerprint density at radius 3 is 2.26 bits per heavy atom. The molecule has 0 spiro atoms. The number of hydrogen-bond donors (Lipinski definition) is 2. The van der Waals surface area contributed by atoms with Gasteiger partial charge in [0.1, 0.15) is 11.6 Å². The van der Waals surface area contributed by atoms with E-state index in [1.165, 1.54) is 0 Å². The van der Waals surface area contributed by atoms with Crippen molar-refractivity contribution in [2.75, 3.05) is 10.6 Å². The second-order valence-corrected chi connectivity index (χ2v) is 7.85. The number of anilines is 3. The predicted molar refractivity (Wildman–Crippen MR) is 136 cm³/mol. The first kappa shape index (κ1) is 21.2. The van der Waals surface area contributed by atoms with Gasteiger partial charge in [0.15, 0.2) is 0 Å². The second-order valence-electron chi connectivity index (χ2n) is 7.85. The van der Waals surface area contributed by atoms with Gasteiger partial charge in [0.2, 0.25) is 0 Å². The zero-order valence-corrected chi connectivity index (χ0v) is 18.6. The summed E-state index contributed by atoms with van der Waals surface area (Å²) < 4.78 is 1.99. The van der Waals surface area contributed by atoms with Crippen molar-refractivity contribution in [1.29, 1.82) is 0 Å². The zero-order valence-electron chi connectivity index (χ0n) is 18.6. The molecular formula is C28H23N5O. The first-order valence-electron chi connectivity index (χ1n) is 11.0. The van der Waals surface area contributed by atoms with Crippen molar-refractivity contribution in [2.45, 2.75) is 6.92 Å². The van der Waals surface area contributed by atoms with E-state index in [4.69, 9.17) is 0 Å². The van der Waals surface area contributed by atoms with Crippen LogP contribution in [0.25, 0.3) is 16.9 Å². The maximum atomic E-state index is 12.8. The molecule has 0 saturated heterocycles. The predicted octanol–water partition coefficient (Wildman–Crippen LogP) is 6.24. The third-order valence-electron chi connectivity index (χ3n) is 5.33. The standard InChI is InChI=1S/C28H23N5O/c1-20-29-26(21-8-3-2-4-9-21)19-27(30-20)31-23-10-7-11-24(18-23)32-28(34)22-12-14-25(15-13-22)33-16-5-6-17-33/h2-19H,1H3,(H,32,34)(H,29,30,31). The van der Waals surface area contributed by atoms with E-state index < -0.39 is 0 Å². The number of carbonyl (C=O) groups excluding carboxylic acids is 1. The highest BCUT2D eigenvalue weighted by atomic mass is 16.1. The third kappa shape index (κ3) is 4.86. The number of aryl methyl sites for hydroxylation is 1. The first-order valence-corrected chi connectivity index (χ1v) is 11.0. The van der Waals surface area contributed by atoms with Crippen molar-refractivity contribution in [1.82, 2.24) is 14.5 Å². The number of hydrogen-bond acceptors (Lipinski definition) is 4. The van der Waals surface area contributed by atoms with Gasteiger partial charge in [-0.3, -0.25) is 4.79 Å². The summed E-state index contributed by atoms with van der Waals surface area (Å²) in [5.41, 5.74) is 4.98. The van der Waals surface area contributed by atoms with Crippen LogP contribution < -0.4 is 10.6 Å². The average molecular weight is 446 g/mol. The number of benzene rings is 3. The van der Waals surface area contributed by atoms with Crippen molar-refractivity contribution in [3.8, 4) is 16.9 Å². The summed E-state index contributed by atoms with van der Waals surface area (Å²) in [6, 6.07) is 30.9. The lowest BCUT2D eigenvalue weighted by molar-refractivity contribution is 0.102. The molecule has 0 unspecified atom stereocenters. The lowest BCUT2D eigenvalue weighted by Gasteiger charge is -2.11. The van der Waals surface area contributed by atoms with Gasteiger partial charge in [-0.05, 0) is 61.5 Å². The molecule has 3 aromatic carbocycles. The lowest BCUT2D eigenvalue weighted by Crippen LogP contribution is -2.12. The number of nitrogens with zero attached hydrogens (tertiary/aromatic N) is 3. The second kappa shape index (κ2) is 9.42. The quantitative estimate of drug-likeness (QED) is 0.325. The molecule has 0 fully saturated rings. The molecule has 2 heterocycles. The van der Waals surface area contributed by atoms with Crippen LogP contribution in [0.5, 0.6) is 0 Å². The van der Waals surface area contributed by atoms with E-state index in [-0.39, 0.29) is 5.91 Å². The maximum Gasteiger partial charge on any atom is 0.255 e. The molecule has 0 radical (unpaired) electrons. The smallest absolute Gasteiger partial charge is 0.255 e. The lowest BCUT2D eigenvalue weighted by atomic mass is 10.1. The van der Waals surface area contributed by atoms with Crippen LogP contribution in [-0.4, -0.2) is 20.4 Å². The van der Waals surface area contributed by atoms with E-state index in [0.29, 0.717) is 22.9 Å². The summed E-state index contributed by atoms with van der Waals surface area (Å²) in [7, 11) is 0. The van der Waals surface area contributed by atoms with E-state index in [9.17, 15) is 4.79 Å². The Labute approximate surface area is 198 Å². The van der Waals surface area contributed by atoms with Crippen LogP contribution in [0.15, 0.2) is 109 Å². The van der Waals surface area contributed by atoms with Crippen LogP contribution in [0.3, 0.4) is 0 Å². The van der Waals surface area contributed by atoms with Gasteiger partial charge in [0.05, 0.1) is 5.69 Å². The van der Waals surface area contributed by atoms with Gasteiger partial charge in [-0.1, -0.05) is 36.4 Å². The van der Waals surface area contributed by atoms with Crippen molar-refractivity contribution in [3.63, 3.8) is 0 Å². The normalized spacial score (nSPS) is 10.6. The van der Waals surface area contributed by atoms with Crippen LogP contribution in [0.4, 0.5) is 17.2 Å². The van der Waals surface area contributed by atoms with E-state index in [1.54, 1.807) is 0 Å². The molecule has 0 bridgehead atoms. The number of rotatable bonds is 6. The minimum absolute atomic E-state index is 0.166. The molecule has 5 rings (SSSR count). The fourth-order valence-corrected chi connectivity index (χ4v) is 3.71. The number of nitrogens with one attached hydrogen (secondary N) is 2. The van der Waals surface area contributed by atoms with Crippen LogP contribution in [0.2, 0.25) is 0 Å². The summed E-state index contributed by atoms with van der Waals surface area (Å²) in [6.07, 6.45) is 3.94. The molecule has 0 saturated carbocycles. The SMILES string of the molecule is Cc1nc(Nc2cccc(NC(=O)c3ccc(-n4cccc4)cc3)c2)cc(-c2ccccc2)n1. The number of carbonyl (C=O) groups is 1. The molecule has 166 valence electrons. The van der Waals surface area contributed by atoms with Crippen molar-refractivity contribution in [2.24, 2.45) is 0 Å². The maximum absolute atomic E-state index is 12.8. The summed E-state index contributed by atoms with van der Waals surface area (Å²) in [6.45, 7) is 1.87. The number of amides is 1. The van der Waals surface area contributed by atoms with Gasteiger partial charge in [-0.25, -0.2) is 9.97 Å². The highest BCUT2D eigenvalue weighted by molar-refractivity contribution is 6.04. The molecule has 5 aromatic rings. The Balaban J connectivity index is 1.30. The van der Waals surface area contributed by atoms with E-state index in [1.807, 2.05) is 121 Å². The Bertz CT molecular complexity index is 1410. The molecule has 2 N–H and O–H groups in total. The van der Waals surface area contributed by atoms with Gasteiger partial charge in [0.25, 0.3) is 5.91 Å². The third-order valence-corrected chi connectivity index (χ3v) is 5.33. The van der Waals surface area contributed by atoms with Gasteiger partial charge in [-0.2, -0.15) is 0 Å². The van der Waals surface area contributed by atoms with Crippen molar-refractivity contribution >= 4 is 23.1 Å². The fraction of sp³-hybridized carbons (Fsp3) is 0.0357. The van der Waals surface area contributed by atoms with Gasteiger partial charge in [-0.15, -0.1) is 0 Å². The molecule has 0 aliphatic heterocycles. The summed E-state index contributed by atoms with van der Waals surface area (Å²) >= 11 is 0. The first-order chi connectivity index (χ1) is 16.6. The van der Waals surface area contributed by atoms with Crippen LogP contribution >= 0.6 is 0 Å². The van der Waals surface area contributed by atoms with Gasteiger partial charge < -0.3 is 15.2 Å². The van der Waals surface area contributed by atoms with Crippen molar-refractivity contribution < 1.29 is 4.79 Å². The van der Waals surface area contributed by atoms with E-state index >= 15 is 0 Å². The van der Waals surface area contributed by atoms with Gasteiger partial charge in [0, 0.05) is 46.6 Å². The molecule has 6 heteroatoms. The Morgan fingerprint density at radius 2 is 1.50 bits per heavy atom. The summed E-state index contributed by atoms with van der Waals surface area (Å²) in [4.78, 5) is 21.8. The van der Waals surface area contributed by atoms with Crippen molar-refractivity contribution in [3.05, 3.63) is 121 Å². The molecule has 0 aliphatic rings. The Morgan fingerprint density at radius 1 is 0.765 bits per heavy atom. The Kier molecular flexibility index (Phi) is 5.86. The number of aromatic nitrogens is 3. The van der Waals surface area contributed by atoms with E-state index in [2.05, 4.69) is 20.6 Å². The fourth-order valence-electron chi connectivity index (χ4n) is 3.71. The molecular weight excluding hydrogens is 422 g/mol. The van der Waals surface area contributed by atoms with Crippen LogP contribution in [0.1, 0.15) is 16.2 Å². The summed E-state index contributed by atoms with van der Waals surface area (Å²) in [5, 5.41) is 6.29. The van der Waals surface area contributed by atoms with Crippen LogP contribution in [-0.2, 0) is 0 Å². The Hall–Kier alpha value is -4.71. The molecule has 0 aliphatic carbocycles. The van der Waals surface area contributed by atoms with Crippen LogP contribution in [0, 0.1) is 6.92 Å². The minimum atomic E-state index is -0.166. The van der Waals surface area contributed by atoms with Gasteiger partial charge >= 0.3 is 0 Å². The zero-order chi connectivity index (χ0) is 23.3. The topological polar surface area (TPSA) is 71.8 Å². The molecule has 34 heavy (non-hydrogen) atoms. The average Bonchev–Trinajstić information content (AvgIpc) is 3.40. The largest absolute Gasteiger partial charge is 0.340 e. The molecule has 6 nitrogen and oxygen atoms in total. The van der Waals surface area contributed by atoms with E-state index in [0.717, 1.165) is 22.6 Å². The minimum Gasteiger partial charge on any atom is -0.340 e. The highest BCUT2D eigenvalue weighted by Gasteiger charge is 2.09. The summed E-state index contributed by atoms with van der Waals surface area (Å²) in [5.74, 6) is 1.20. The highest BCUT2D eigenvalue weighted by Crippen LogP contribution is 2.24. The molecule has 1 amide bonds. The monoisotopic (exact) mass is 445 g/mol. The molecule has 0 atom stereocenters.